The van der Waals surface area contributed by atoms with Gasteiger partial charge in [-0.25, -0.2) is 4.79 Å². The Hall–Kier alpha value is -1.75. The van der Waals surface area contributed by atoms with Crippen molar-refractivity contribution in [3.05, 3.63) is 29.8 Å². The summed E-state index contributed by atoms with van der Waals surface area (Å²) in [6.45, 7) is 4.97. The van der Waals surface area contributed by atoms with E-state index in [1.54, 1.807) is 0 Å². The van der Waals surface area contributed by atoms with Gasteiger partial charge in [0.2, 0.25) is 0 Å². The maximum atomic E-state index is 11.7. The summed E-state index contributed by atoms with van der Waals surface area (Å²) in [7, 11) is 0. The Morgan fingerprint density at radius 3 is 2.71 bits per heavy atom. The van der Waals surface area contributed by atoms with Crippen molar-refractivity contribution < 1.29 is 9.90 Å². The number of carbonyl (C=O) groups excluding carboxylic acids is 1. The maximum Gasteiger partial charge on any atom is 0.315 e. The molecule has 116 valence electrons. The third kappa shape index (κ3) is 4.93. The van der Waals surface area contributed by atoms with Gasteiger partial charge in [-0.1, -0.05) is 12.1 Å². The fourth-order valence-electron chi connectivity index (χ4n) is 2.36. The van der Waals surface area contributed by atoms with Gasteiger partial charge in [0, 0.05) is 24.8 Å². The standard InChI is InChI=1S/C16H25N3O2/c1-12(2)19-14-6-3-5-13(9-14)10-17-15(20)18-11-16(21)7-4-8-16/h3,5-6,9,12,19,21H,4,7-8,10-11H2,1-2H3,(H2,17,18,20). The molecule has 21 heavy (non-hydrogen) atoms. The van der Waals surface area contributed by atoms with E-state index in [1.165, 1.54) is 0 Å². The first-order valence-corrected chi connectivity index (χ1v) is 7.56. The summed E-state index contributed by atoms with van der Waals surface area (Å²) in [6, 6.07) is 8.12. The minimum Gasteiger partial charge on any atom is -0.388 e. The van der Waals surface area contributed by atoms with Gasteiger partial charge in [-0.2, -0.15) is 0 Å². The van der Waals surface area contributed by atoms with E-state index in [4.69, 9.17) is 0 Å². The molecule has 4 N–H and O–H groups in total. The van der Waals surface area contributed by atoms with E-state index in [-0.39, 0.29) is 6.03 Å². The zero-order valence-electron chi connectivity index (χ0n) is 12.8. The number of amides is 2. The quantitative estimate of drug-likeness (QED) is 0.649. The number of hydrogen-bond acceptors (Lipinski definition) is 3. The molecule has 5 heteroatoms. The van der Waals surface area contributed by atoms with Gasteiger partial charge in [-0.15, -0.1) is 0 Å². The average molecular weight is 291 g/mol. The molecule has 1 aliphatic carbocycles. The van der Waals surface area contributed by atoms with Crippen LogP contribution in [0.15, 0.2) is 24.3 Å². The highest BCUT2D eigenvalue weighted by molar-refractivity contribution is 5.74. The molecule has 2 amide bonds. The molecular formula is C16H25N3O2. The van der Waals surface area contributed by atoms with E-state index in [1.807, 2.05) is 24.3 Å². The Morgan fingerprint density at radius 1 is 1.33 bits per heavy atom. The van der Waals surface area contributed by atoms with Crippen LogP contribution in [0.3, 0.4) is 0 Å². The predicted molar refractivity (Wildman–Crippen MR) is 84.2 cm³/mol. The molecule has 0 unspecified atom stereocenters. The lowest BCUT2D eigenvalue weighted by molar-refractivity contribution is -0.0290. The van der Waals surface area contributed by atoms with Crippen LogP contribution in [0, 0.1) is 0 Å². The third-order valence-electron chi connectivity index (χ3n) is 3.70. The third-order valence-corrected chi connectivity index (χ3v) is 3.70. The van der Waals surface area contributed by atoms with E-state index in [9.17, 15) is 9.90 Å². The van der Waals surface area contributed by atoms with Crippen LogP contribution in [-0.2, 0) is 6.54 Å². The molecule has 1 aromatic rings. The summed E-state index contributed by atoms with van der Waals surface area (Å²) in [5.41, 5.74) is 1.41. The van der Waals surface area contributed by atoms with Crippen LogP contribution >= 0.6 is 0 Å². The zero-order chi connectivity index (χ0) is 15.3. The predicted octanol–water partition coefficient (Wildman–Crippen LogP) is 2.22. The van der Waals surface area contributed by atoms with Crippen molar-refractivity contribution in [3.63, 3.8) is 0 Å². The first-order chi connectivity index (χ1) is 9.97. The van der Waals surface area contributed by atoms with Crippen molar-refractivity contribution >= 4 is 11.7 Å². The van der Waals surface area contributed by atoms with Crippen LogP contribution in [0.5, 0.6) is 0 Å². The minimum absolute atomic E-state index is 0.238. The molecule has 0 aromatic heterocycles. The second kappa shape index (κ2) is 6.80. The summed E-state index contributed by atoms with van der Waals surface area (Å²) >= 11 is 0. The lowest BCUT2D eigenvalue weighted by Gasteiger charge is -2.36. The first kappa shape index (κ1) is 15.6. The van der Waals surface area contributed by atoms with Crippen LogP contribution in [0.25, 0.3) is 0 Å². The van der Waals surface area contributed by atoms with Crippen molar-refractivity contribution in [2.75, 3.05) is 11.9 Å². The van der Waals surface area contributed by atoms with E-state index >= 15 is 0 Å². The highest BCUT2D eigenvalue weighted by Gasteiger charge is 2.34. The molecule has 0 saturated heterocycles. The Morgan fingerprint density at radius 2 is 2.10 bits per heavy atom. The van der Waals surface area contributed by atoms with Crippen LogP contribution in [0.2, 0.25) is 0 Å². The largest absolute Gasteiger partial charge is 0.388 e. The highest BCUT2D eigenvalue weighted by Crippen LogP contribution is 2.30. The number of aliphatic hydroxyl groups is 1. The monoisotopic (exact) mass is 291 g/mol. The summed E-state index contributed by atoms with van der Waals surface area (Å²) in [5, 5.41) is 18.8. The number of rotatable bonds is 6. The molecule has 0 heterocycles. The molecule has 0 atom stereocenters. The number of benzene rings is 1. The highest BCUT2D eigenvalue weighted by atomic mass is 16.3. The fraction of sp³-hybridized carbons (Fsp3) is 0.562. The molecule has 5 nitrogen and oxygen atoms in total. The summed E-state index contributed by atoms with van der Waals surface area (Å²) in [6.07, 6.45) is 2.59. The van der Waals surface area contributed by atoms with Gasteiger partial charge in [-0.3, -0.25) is 0 Å². The Kier molecular flexibility index (Phi) is 5.07. The minimum atomic E-state index is -0.682. The maximum absolute atomic E-state index is 11.7. The Bertz CT molecular complexity index is 484. The molecule has 1 fully saturated rings. The topological polar surface area (TPSA) is 73.4 Å². The van der Waals surface area contributed by atoms with Crippen molar-refractivity contribution in [2.45, 2.75) is 51.3 Å². The summed E-state index contributed by atoms with van der Waals surface area (Å²) < 4.78 is 0. The van der Waals surface area contributed by atoms with E-state index in [0.717, 1.165) is 30.5 Å². The van der Waals surface area contributed by atoms with Crippen LogP contribution < -0.4 is 16.0 Å². The van der Waals surface area contributed by atoms with Crippen LogP contribution in [0.1, 0.15) is 38.7 Å². The van der Waals surface area contributed by atoms with Gasteiger partial charge >= 0.3 is 6.03 Å². The van der Waals surface area contributed by atoms with Gasteiger partial charge in [-0.05, 0) is 50.8 Å². The second-order valence-corrected chi connectivity index (χ2v) is 6.11. The van der Waals surface area contributed by atoms with Crippen LogP contribution in [0.4, 0.5) is 10.5 Å². The van der Waals surface area contributed by atoms with E-state index in [2.05, 4.69) is 29.8 Å². The molecule has 2 rings (SSSR count). The number of nitrogens with one attached hydrogen (secondary N) is 3. The number of hydrogen-bond donors (Lipinski definition) is 4. The summed E-state index contributed by atoms with van der Waals surface area (Å²) in [5.74, 6) is 0. The van der Waals surface area contributed by atoms with Crippen molar-refractivity contribution in [1.29, 1.82) is 0 Å². The lowest BCUT2D eigenvalue weighted by Crippen LogP contribution is -2.49. The SMILES string of the molecule is CC(C)Nc1cccc(CNC(=O)NCC2(O)CCC2)c1. The summed E-state index contributed by atoms with van der Waals surface area (Å²) in [4.78, 5) is 11.7. The van der Waals surface area contributed by atoms with E-state index in [0.29, 0.717) is 19.1 Å². The zero-order valence-corrected chi connectivity index (χ0v) is 12.8. The van der Waals surface area contributed by atoms with E-state index < -0.39 is 5.60 Å². The van der Waals surface area contributed by atoms with Crippen molar-refractivity contribution in [2.24, 2.45) is 0 Å². The molecule has 0 bridgehead atoms. The lowest BCUT2D eigenvalue weighted by atomic mass is 9.80. The first-order valence-electron chi connectivity index (χ1n) is 7.56. The number of anilines is 1. The molecule has 1 aliphatic rings. The molecule has 1 aromatic carbocycles. The fourth-order valence-corrected chi connectivity index (χ4v) is 2.36. The van der Waals surface area contributed by atoms with Gasteiger partial charge in [0.1, 0.15) is 0 Å². The van der Waals surface area contributed by atoms with Gasteiger partial charge in [0.15, 0.2) is 0 Å². The number of urea groups is 1. The molecule has 0 aliphatic heterocycles. The second-order valence-electron chi connectivity index (χ2n) is 6.11. The van der Waals surface area contributed by atoms with Crippen molar-refractivity contribution in [1.82, 2.24) is 10.6 Å². The molecule has 0 spiro atoms. The van der Waals surface area contributed by atoms with Crippen molar-refractivity contribution in [3.8, 4) is 0 Å². The molecule has 1 saturated carbocycles. The van der Waals surface area contributed by atoms with Gasteiger partial charge in [0.25, 0.3) is 0 Å². The normalized spacial score (nSPS) is 16.2. The Balaban J connectivity index is 1.75. The molecular weight excluding hydrogens is 266 g/mol. The van der Waals surface area contributed by atoms with Crippen LogP contribution in [-0.4, -0.2) is 29.3 Å². The Labute approximate surface area is 126 Å². The van der Waals surface area contributed by atoms with Gasteiger partial charge < -0.3 is 21.1 Å². The average Bonchev–Trinajstić information content (AvgIpc) is 2.40. The van der Waals surface area contributed by atoms with Gasteiger partial charge in [0.05, 0.1) is 5.60 Å². The number of carbonyl (C=O) groups is 1. The molecule has 0 radical (unpaired) electrons. The smallest absolute Gasteiger partial charge is 0.315 e.